The van der Waals surface area contributed by atoms with Gasteiger partial charge in [0, 0.05) is 0 Å². The molecule has 0 rings (SSSR count). The molecule has 0 heterocycles. The molecule has 0 atom stereocenters. The molecule has 0 aliphatic rings. The van der Waals surface area contributed by atoms with E-state index in [2.05, 4.69) is 45.2 Å². The molecule has 0 aromatic heterocycles. The lowest BCUT2D eigenvalue weighted by atomic mass is 10.0. The Kier molecular flexibility index (Phi) is 6.63. The predicted octanol–water partition coefficient (Wildman–Crippen LogP) is 4.48. The van der Waals surface area contributed by atoms with Gasteiger partial charge in [-0.15, -0.1) is 0 Å². The van der Waals surface area contributed by atoms with Gasteiger partial charge in [-0.25, -0.2) is 0 Å². The highest BCUT2D eigenvalue weighted by molar-refractivity contribution is 5.46. The van der Waals surface area contributed by atoms with Gasteiger partial charge in [-0.1, -0.05) is 43.9 Å². The third kappa shape index (κ3) is 5.17. The fourth-order valence-corrected chi connectivity index (χ4v) is 1.25. The minimum absolute atomic E-state index is 0.537. The minimum atomic E-state index is 0.537. The molecule has 0 spiro atoms. The maximum Gasteiger partial charge on any atom is 0.0991 e. The van der Waals surface area contributed by atoms with Gasteiger partial charge in [0.25, 0.3) is 0 Å². The van der Waals surface area contributed by atoms with Crippen molar-refractivity contribution in [1.29, 1.82) is 5.26 Å². The Hall–Kier alpha value is -1.81. The van der Waals surface area contributed by atoms with Crippen LogP contribution in [0, 0.1) is 11.3 Å². The average molecular weight is 213 g/mol. The Morgan fingerprint density at radius 1 is 1.31 bits per heavy atom. The highest BCUT2D eigenvalue weighted by Gasteiger charge is 1.96. The Morgan fingerprint density at radius 3 is 2.38 bits per heavy atom. The van der Waals surface area contributed by atoms with Gasteiger partial charge in [0.2, 0.25) is 0 Å². The molecule has 0 saturated heterocycles. The first-order valence-corrected chi connectivity index (χ1v) is 5.33. The molecule has 0 unspecified atom stereocenters. The summed E-state index contributed by atoms with van der Waals surface area (Å²) in [6.07, 6.45) is 8.53. The lowest BCUT2D eigenvalue weighted by Crippen LogP contribution is -1.83. The molecule has 16 heavy (non-hydrogen) atoms. The van der Waals surface area contributed by atoms with Crippen molar-refractivity contribution in [3.8, 4) is 6.07 Å². The van der Waals surface area contributed by atoms with E-state index in [9.17, 15) is 0 Å². The van der Waals surface area contributed by atoms with Crippen LogP contribution in [-0.4, -0.2) is 0 Å². The van der Waals surface area contributed by atoms with Gasteiger partial charge in [-0.05, 0) is 37.5 Å². The molecule has 0 aromatic rings. The summed E-state index contributed by atoms with van der Waals surface area (Å²) in [5, 5.41) is 8.76. The summed E-state index contributed by atoms with van der Waals surface area (Å²) >= 11 is 0. The van der Waals surface area contributed by atoms with E-state index in [1.807, 2.05) is 6.92 Å². The van der Waals surface area contributed by atoms with E-state index in [0.717, 1.165) is 17.6 Å². The summed E-state index contributed by atoms with van der Waals surface area (Å²) in [5.41, 5.74) is 3.67. The summed E-state index contributed by atoms with van der Waals surface area (Å²) in [5.74, 6) is 0. The van der Waals surface area contributed by atoms with Crippen LogP contribution in [0.15, 0.2) is 59.8 Å². The number of nitrogens with zero attached hydrogens (tertiary/aromatic N) is 1. The molecule has 0 aliphatic heterocycles. The fourth-order valence-electron chi connectivity index (χ4n) is 1.25. The lowest BCUT2D eigenvalue weighted by Gasteiger charge is -2.01. The summed E-state index contributed by atoms with van der Waals surface area (Å²) in [4.78, 5) is 0. The quantitative estimate of drug-likeness (QED) is 0.488. The molecule has 1 heteroatoms. The van der Waals surface area contributed by atoms with Crippen LogP contribution in [0.2, 0.25) is 0 Å². The van der Waals surface area contributed by atoms with Crippen molar-refractivity contribution >= 4 is 0 Å². The van der Waals surface area contributed by atoms with Gasteiger partial charge in [-0.2, -0.15) is 5.26 Å². The molecule has 84 valence electrons. The molecular weight excluding hydrogens is 194 g/mol. The molecule has 0 radical (unpaired) electrons. The number of allylic oxidation sites excluding steroid dienone is 8. The highest BCUT2D eigenvalue weighted by Crippen LogP contribution is 2.14. The smallest absolute Gasteiger partial charge is 0.0991 e. The first kappa shape index (κ1) is 14.2. The zero-order chi connectivity index (χ0) is 12.6. The zero-order valence-electron chi connectivity index (χ0n) is 10.4. The Bertz CT molecular complexity index is 398. The first-order chi connectivity index (χ1) is 7.54. The van der Waals surface area contributed by atoms with E-state index < -0.39 is 0 Å². The van der Waals surface area contributed by atoms with Gasteiger partial charge in [0.1, 0.15) is 0 Å². The van der Waals surface area contributed by atoms with E-state index in [-0.39, 0.29) is 0 Å². The Morgan fingerprint density at radius 2 is 1.94 bits per heavy atom. The van der Waals surface area contributed by atoms with E-state index >= 15 is 0 Å². The molecule has 0 saturated carbocycles. The van der Waals surface area contributed by atoms with E-state index in [0.29, 0.717) is 5.57 Å². The molecule has 0 fully saturated rings. The van der Waals surface area contributed by atoms with Crippen molar-refractivity contribution in [3.63, 3.8) is 0 Å². The Balaban J connectivity index is 4.90. The van der Waals surface area contributed by atoms with E-state index in [4.69, 9.17) is 5.26 Å². The van der Waals surface area contributed by atoms with Gasteiger partial charge < -0.3 is 0 Å². The first-order valence-electron chi connectivity index (χ1n) is 5.33. The van der Waals surface area contributed by atoms with Crippen molar-refractivity contribution in [2.45, 2.75) is 27.2 Å². The predicted molar refractivity (Wildman–Crippen MR) is 70.8 cm³/mol. The van der Waals surface area contributed by atoms with Crippen LogP contribution in [0.1, 0.15) is 27.2 Å². The number of rotatable bonds is 5. The van der Waals surface area contributed by atoms with Crippen molar-refractivity contribution in [3.05, 3.63) is 59.8 Å². The monoisotopic (exact) mass is 213 g/mol. The summed E-state index contributed by atoms with van der Waals surface area (Å²) in [6, 6.07) is 2.06. The van der Waals surface area contributed by atoms with Crippen molar-refractivity contribution < 1.29 is 0 Å². The summed E-state index contributed by atoms with van der Waals surface area (Å²) in [7, 11) is 0. The second-order valence-electron chi connectivity index (χ2n) is 3.62. The van der Waals surface area contributed by atoms with Crippen LogP contribution >= 0.6 is 0 Å². The van der Waals surface area contributed by atoms with Gasteiger partial charge >= 0.3 is 0 Å². The number of hydrogen-bond donors (Lipinski definition) is 0. The molecule has 0 aliphatic carbocycles. The molecule has 0 aromatic carbocycles. The molecule has 0 amide bonds. The SMILES string of the molecule is C=C/C(C#N)=C\C(=C)/C(C)=C/C(C)=C\CC. The third-order valence-electron chi connectivity index (χ3n) is 2.16. The van der Waals surface area contributed by atoms with Crippen LogP contribution < -0.4 is 0 Å². The average Bonchev–Trinajstić information content (AvgIpc) is 2.25. The van der Waals surface area contributed by atoms with Crippen molar-refractivity contribution in [2.24, 2.45) is 0 Å². The van der Waals surface area contributed by atoms with Gasteiger partial charge in [0.05, 0.1) is 11.6 Å². The standard InChI is InChI=1S/C15H19N/c1-6-8-12(3)9-13(4)14(5)10-15(7-2)11-16/h7-10H,2,5-6H2,1,3-4H3/b12-8-,13-9+,15-10+. The number of nitriles is 1. The largest absolute Gasteiger partial charge is 0.192 e. The fraction of sp³-hybridized carbons (Fsp3) is 0.267. The van der Waals surface area contributed by atoms with Gasteiger partial charge in [0.15, 0.2) is 0 Å². The van der Waals surface area contributed by atoms with Crippen LogP contribution in [0.3, 0.4) is 0 Å². The highest BCUT2D eigenvalue weighted by atomic mass is 14.2. The van der Waals surface area contributed by atoms with Gasteiger partial charge in [-0.3, -0.25) is 0 Å². The normalized spacial score (nSPS) is 13.2. The molecule has 0 bridgehead atoms. The summed E-state index contributed by atoms with van der Waals surface area (Å²) < 4.78 is 0. The molecule has 1 nitrogen and oxygen atoms in total. The summed E-state index contributed by atoms with van der Waals surface area (Å²) in [6.45, 7) is 13.7. The van der Waals surface area contributed by atoms with E-state index in [1.165, 1.54) is 11.6 Å². The van der Waals surface area contributed by atoms with Crippen LogP contribution in [0.5, 0.6) is 0 Å². The minimum Gasteiger partial charge on any atom is -0.192 e. The van der Waals surface area contributed by atoms with Crippen molar-refractivity contribution in [1.82, 2.24) is 0 Å². The lowest BCUT2D eigenvalue weighted by molar-refractivity contribution is 1.19. The van der Waals surface area contributed by atoms with E-state index in [1.54, 1.807) is 6.08 Å². The molecular formula is C15H19N. The second kappa shape index (κ2) is 7.48. The maximum atomic E-state index is 8.76. The van der Waals surface area contributed by atoms with Crippen LogP contribution in [0.25, 0.3) is 0 Å². The maximum absolute atomic E-state index is 8.76. The topological polar surface area (TPSA) is 23.8 Å². The van der Waals surface area contributed by atoms with Crippen LogP contribution in [-0.2, 0) is 0 Å². The third-order valence-corrected chi connectivity index (χ3v) is 2.16. The van der Waals surface area contributed by atoms with Crippen LogP contribution in [0.4, 0.5) is 0 Å². The number of hydrogen-bond acceptors (Lipinski definition) is 1. The van der Waals surface area contributed by atoms with Crippen molar-refractivity contribution in [2.75, 3.05) is 0 Å². The Labute approximate surface area is 98.8 Å². The molecule has 0 N–H and O–H groups in total. The second-order valence-corrected chi connectivity index (χ2v) is 3.62. The zero-order valence-corrected chi connectivity index (χ0v) is 10.4.